The first-order valence-corrected chi connectivity index (χ1v) is 8.35. The number of fused-ring (bicyclic) bond motifs is 1. The highest BCUT2D eigenvalue weighted by molar-refractivity contribution is 6.00. The molecule has 0 saturated heterocycles. The van der Waals surface area contributed by atoms with Crippen LogP contribution in [0.1, 0.15) is 58.6 Å². The molecule has 1 aliphatic heterocycles. The molecule has 0 aliphatic carbocycles. The molecule has 0 aromatic heterocycles. The number of carbonyl (C=O) groups excluding carboxylic acids is 1. The van der Waals surface area contributed by atoms with E-state index < -0.39 is 0 Å². The van der Waals surface area contributed by atoms with E-state index in [-0.39, 0.29) is 18.1 Å². The number of benzene rings is 1. The number of amides is 1. The number of hydrogen-bond acceptors (Lipinski definition) is 3. The quantitative estimate of drug-likeness (QED) is 0.873. The Morgan fingerprint density at radius 3 is 2.64 bits per heavy atom. The molecule has 0 fully saturated rings. The lowest BCUT2D eigenvalue weighted by Crippen LogP contribution is -2.46. The third-order valence-electron chi connectivity index (χ3n) is 4.25. The summed E-state index contributed by atoms with van der Waals surface area (Å²) in [5, 5.41) is 0. The first-order chi connectivity index (χ1) is 10.5. The van der Waals surface area contributed by atoms with Crippen molar-refractivity contribution < 1.29 is 9.53 Å². The van der Waals surface area contributed by atoms with Crippen LogP contribution in [-0.4, -0.2) is 18.6 Å². The summed E-state index contributed by atoms with van der Waals surface area (Å²) in [5.74, 6) is 1.42. The number of carbonyl (C=O) groups is 1. The van der Waals surface area contributed by atoms with E-state index in [0.29, 0.717) is 12.3 Å². The monoisotopic (exact) mass is 304 g/mol. The second-order valence-corrected chi connectivity index (χ2v) is 6.43. The number of anilines is 1. The number of rotatable bonds is 6. The standard InChI is InChI=1S/C18H28N2O2/c1-5-14(19)13-7-8-17-15(11-13)20(10-9-12(3)4)18(21)16(6-2)22-17/h7-8,11-12,14,16H,5-6,9-10,19H2,1-4H3. The molecule has 2 atom stereocenters. The molecule has 1 aliphatic rings. The normalized spacial score (nSPS) is 19.1. The topological polar surface area (TPSA) is 55.6 Å². The highest BCUT2D eigenvalue weighted by atomic mass is 16.5. The van der Waals surface area contributed by atoms with Crippen LogP contribution in [0.2, 0.25) is 0 Å². The number of nitrogens with zero attached hydrogens (tertiary/aromatic N) is 1. The average Bonchev–Trinajstić information content (AvgIpc) is 2.52. The van der Waals surface area contributed by atoms with Gasteiger partial charge in [0, 0.05) is 12.6 Å². The Bertz CT molecular complexity index is 528. The third kappa shape index (κ3) is 3.43. The Labute approximate surface area is 133 Å². The van der Waals surface area contributed by atoms with Gasteiger partial charge >= 0.3 is 0 Å². The predicted molar refractivity (Wildman–Crippen MR) is 90.2 cm³/mol. The molecule has 2 rings (SSSR count). The molecule has 4 heteroatoms. The molecular weight excluding hydrogens is 276 g/mol. The summed E-state index contributed by atoms with van der Waals surface area (Å²) in [6.45, 7) is 9.12. The van der Waals surface area contributed by atoms with Crippen molar-refractivity contribution in [3.8, 4) is 5.75 Å². The Morgan fingerprint density at radius 1 is 1.32 bits per heavy atom. The van der Waals surface area contributed by atoms with E-state index >= 15 is 0 Å². The fourth-order valence-corrected chi connectivity index (χ4v) is 2.68. The lowest BCUT2D eigenvalue weighted by molar-refractivity contribution is -0.126. The Hall–Kier alpha value is -1.55. The van der Waals surface area contributed by atoms with E-state index in [9.17, 15) is 4.79 Å². The fraction of sp³-hybridized carbons (Fsp3) is 0.611. The summed E-state index contributed by atoms with van der Waals surface area (Å²) in [4.78, 5) is 14.5. The molecule has 0 saturated carbocycles. The smallest absolute Gasteiger partial charge is 0.268 e. The van der Waals surface area contributed by atoms with Crippen molar-refractivity contribution in [3.63, 3.8) is 0 Å². The minimum absolute atomic E-state index is 0.00347. The maximum Gasteiger partial charge on any atom is 0.268 e. The van der Waals surface area contributed by atoms with Gasteiger partial charge in [0.05, 0.1) is 5.69 Å². The Kier molecular flexibility index (Phi) is 5.46. The minimum Gasteiger partial charge on any atom is -0.478 e. The van der Waals surface area contributed by atoms with Crippen LogP contribution in [-0.2, 0) is 4.79 Å². The zero-order valence-corrected chi connectivity index (χ0v) is 14.1. The highest BCUT2D eigenvalue weighted by Gasteiger charge is 2.33. The molecule has 0 bridgehead atoms. The largest absolute Gasteiger partial charge is 0.478 e. The molecule has 122 valence electrons. The zero-order valence-electron chi connectivity index (χ0n) is 14.1. The Morgan fingerprint density at radius 2 is 2.05 bits per heavy atom. The van der Waals surface area contributed by atoms with Gasteiger partial charge in [0.15, 0.2) is 6.10 Å². The number of ether oxygens (including phenoxy) is 1. The summed E-state index contributed by atoms with van der Waals surface area (Å²) in [6, 6.07) is 5.98. The van der Waals surface area contributed by atoms with Crippen molar-refractivity contribution >= 4 is 11.6 Å². The highest BCUT2D eigenvalue weighted by Crippen LogP contribution is 2.37. The molecule has 1 aromatic rings. The van der Waals surface area contributed by atoms with Crippen molar-refractivity contribution in [2.75, 3.05) is 11.4 Å². The van der Waals surface area contributed by atoms with E-state index in [1.807, 2.05) is 30.0 Å². The van der Waals surface area contributed by atoms with E-state index in [1.165, 1.54) is 0 Å². The molecule has 2 unspecified atom stereocenters. The molecular formula is C18H28N2O2. The minimum atomic E-state index is -0.370. The second kappa shape index (κ2) is 7.14. The summed E-state index contributed by atoms with van der Waals surface area (Å²) >= 11 is 0. The molecule has 0 spiro atoms. The molecule has 2 N–H and O–H groups in total. The van der Waals surface area contributed by atoms with Gasteiger partial charge in [-0.05, 0) is 42.9 Å². The number of nitrogens with two attached hydrogens (primary N) is 1. The van der Waals surface area contributed by atoms with Crippen molar-refractivity contribution in [3.05, 3.63) is 23.8 Å². The van der Waals surface area contributed by atoms with Crippen LogP contribution in [0.3, 0.4) is 0 Å². The lowest BCUT2D eigenvalue weighted by atomic mass is 10.0. The summed E-state index contributed by atoms with van der Waals surface area (Å²) < 4.78 is 5.87. The summed E-state index contributed by atoms with van der Waals surface area (Å²) in [5.41, 5.74) is 8.07. The van der Waals surface area contributed by atoms with Gasteiger partial charge in [0.1, 0.15) is 5.75 Å². The lowest BCUT2D eigenvalue weighted by Gasteiger charge is -2.35. The molecule has 1 amide bonds. The van der Waals surface area contributed by atoms with E-state index in [4.69, 9.17) is 10.5 Å². The van der Waals surface area contributed by atoms with Gasteiger partial charge in [-0.25, -0.2) is 0 Å². The van der Waals surface area contributed by atoms with E-state index in [0.717, 1.165) is 36.4 Å². The van der Waals surface area contributed by atoms with Crippen molar-refractivity contribution in [1.82, 2.24) is 0 Å². The Balaban J connectivity index is 2.37. The predicted octanol–water partition coefficient (Wildman–Crippen LogP) is 3.65. The van der Waals surface area contributed by atoms with Crippen LogP contribution in [0, 0.1) is 5.92 Å². The maximum atomic E-state index is 12.7. The first kappa shape index (κ1) is 16.8. The van der Waals surface area contributed by atoms with Crippen LogP contribution in [0.15, 0.2) is 18.2 Å². The molecule has 1 heterocycles. The van der Waals surface area contributed by atoms with Crippen molar-refractivity contribution in [2.45, 2.75) is 59.1 Å². The van der Waals surface area contributed by atoms with Gasteiger partial charge in [-0.15, -0.1) is 0 Å². The SMILES string of the molecule is CCC1Oc2ccc(C(N)CC)cc2N(CCC(C)C)C1=O. The van der Waals surface area contributed by atoms with Crippen LogP contribution in [0.5, 0.6) is 5.75 Å². The molecule has 22 heavy (non-hydrogen) atoms. The summed E-state index contributed by atoms with van der Waals surface area (Å²) in [6.07, 6.45) is 2.17. The maximum absolute atomic E-state index is 12.7. The van der Waals surface area contributed by atoms with E-state index in [2.05, 4.69) is 20.8 Å². The molecule has 4 nitrogen and oxygen atoms in total. The first-order valence-electron chi connectivity index (χ1n) is 8.35. The van der Waals surface area contributed by atoms with Gasteiger partial charge in [-0.3, -0.25) is 4.79 Å². The summed E-state index contributed by atoms with van der Waals surface area (Å²) in [7, 11) is 0. The van der Waals surface area contributed by atoms with Crippen LogP contribution < -0.4 is 15.4 Å². The van der Waals surface area contributed by atoms with Crippen molar-refractivity contribution in [2.24, 2.45) is 11.7 Å². The van der Waals surface area contributed by atoms with Gasteiger partial charge in [-0.1, -0.05) is 33.8 Å². The zero-order chi connectivity index (χ0) is 16.3. The van der Waals surface area contributed by atoms with Gasteiger partial charge in [0.25, 0.3) is 5.91 Å². The molecule has 0 radical (unpaired) electrons. The van der Waals surface area contributed by atoms with E-state index in [1.54, 1.807) is 0 Å². The molecule has 1 aromatic carbocycles. The van der Waals surface area contributed by atoms with Crippen LogP contribution >= 0.6 is 0 Å². The third-order valence-corrected chi connectivity index (χ3v) is 4.25. The number of hydrogen-bond donors (Lipinski definition) is 1. The van der Waals surface area contributed by atoms with Gasteiger partial charge < -0.3 is 15.4 Å². The van der Waals surface area contributed by atoms with Crippen LogP contribution in [0.4, 0.5) is 5.69 Å². The van der Waals surface area contributed by atoms with Crippen molar-refractivity contribution in [1.29, 1.82) is 0 Å². The second-order valence-electron chi connectivity index (χ2n) is 6.43. The van der Waals surface area contributed by atoms with Gasteiger partial charge in [0.2, 0.25) is 0 Å². The fourth-order valence-electron chi connectivity index (χ4n) is 2.68. The van der Waals surface area contributed by atoms with Crippen LogP contribution in [0.25, 0.3) is 0 Å². The van der Waals surface area contributed by atoms with Gasteiger partial charge in [-0.2, -0.15) is 0 Å². The average molecular weight is 304 g/mol.